The molecule has 0 fully saturated rings. The van der Waals surface area contributed by atoms with Crippen LogP contribution in [0, 0.1) is 0 Å². The highest BCUT2D eigenvalue weighted by Crippen LogP contribution is 2.30. The molecular formula is C18H17NO3S. The van der Waals surface area contributed by atoms with Gasteiger partial charge < -0.3 is 14.0 Å². The van der Waals surface area contributed by atoms with Crippen LogP contribution in [0.5, 0.6) is 5.75 Å². The van der Waals surface area contributed by atoms with Crippen LogP contribution >= 0.6 is 11.3 Å². The van der Waals surface area contributed by atoms with Gasteiger partial charge in [0.2, 0.25) is 6.10 Å². The third-order valence-electron chi connectivity index (χ3n) is 3.29. The van der Waals surface area contributed by atoms with Crippen molar-refractivity contribution in [3.05, 3.63) is 71.2 Å². The number of carbonyl (C=O) groups is 1. The van der Waals surface area contributed by atoms with Crippen molar-refractivity contribution in [2.24, 2.45) is 0 Å². The highest BCUT2D eigenvalue weighted by atomic mass is 32.1. The lowest BCUT2D eigenvalue weighted by molar-refractivity contribution is -0.151. The third kappa shape index (κ3) is 3.46. The summed E-state index contributed by atoms with van der Waals surface area (Å²) >= 11 is 1.48. The van der Waals surface area contributed by atoms with Crippen LogP contribution in [-0.4, -0.2) is 17.1 Å². The van der Waals surface area contributed by atoms with Crippen LogP contribution in [0.4, 0.5) is 0 Å². The van der Waals surface area contributed by atoms with Gasteiger partial charge in [0, 0.05) is 12.4 Å². The lowest BCUT2D eigenvalue weighted by atomic mass is 10.2. The Morgan fingerprint density at radius 2 is 1.91 bits per heavy atom. The molecule has 2 heterocycles. The molecule has 3 rings (SSSR count). The molecule has 0 bridgehead atoms. The zero-order valence-corrected chi connectivity index (χ0v) is 13.5. The van der Waals surface area contributed by atoms with Crippen molar-refractivity contribution in [3.8, 4) is 11.4 Å². The van der Waals surface area contributed by atoms with Gasteiger partial charge in [0.05, 0.1) is 17.2 Å². The second-order valence-corrected chi connectivity index (χ2v) is 5.80. The summed E-state index contributed by atoms with van der Waals surface area (Å²) in [7, 11) is 0. The van der Waals surface area contributed by atoms with E-state index in [-0.39, 0.29) is 5.97 Å². The predicted octanol–water partition coefficient (Wildman–Crippen LogP) is 4.22. The summed E-state index contributed by atoms with van der Waals surface area (Å²) in [4.78, 5) is 13.1. The fraction of sp³-hybridized carbons (Fsp3) is 0.167. The second-order valence-electron chi connectivity index (χ2n) is 4.82. The first-order valence-corrected chi connectivity index (χ1v) is 8.26. The summed E-state index contributed by atoms with van der Waals surface area (Å²) in [5.41, 5.74) is 0.878. The van der Waals surface area contributed by atoms with E-state index in [9.17, 15) is 4.79 Å². The van der Waals surface area contributed by atoms with Gasteiger partial charge in [-0.2, -0.15) is 0 Å². The van der Waals surface area contributed by atoms with E-state index in [4.69, 9.17) is 9.47 Å². The molecular weight excluding hydrogens is 310 g/mol. The van der Waals surface area contributed by atoms with E-state index in [0.29, 0.717) is 12.4 Å². The van der Waals surface area contributed by atoms with E-state index >= 15 is 0 Å². The largest absolute Gasteiger partial charge is 0.471 e. The average molecular weight is 327 g/mol. The Labute approximate surface area is 138 Å². The first kappa shape index (κ1) is 15.4. The fourth-order valence-electron chi connectivity index (χ4n) is 2.27. The molecule has 0 aliphatic rings. The number of esters is 1. The number of aromatic nitrogens is 1. The maximum Gasteiger partial charge on any atom is 0.352 e. The van der Waals surface area contributed by atoms with Gasteiger partial charge in [0.15, 0.2) is 0 Å². The van der Waals surface area contributed by atoms with Crippen LogP contribution in [0.1, 0.15) is 17.9 Å². The predicted molar refractivity (Wildman–Crippen MR) is 90.1 cm³/mol. The molecule has 23 heavy (non-hydrogen) atoms. The number of benzene rings is 1. The maximum absolute atomic E-state index is 12.3. The molecule has 1 aromatic carbocycles. The molecule has 0 radical (unpaired) electrons. The molecule has 3 aromatic rings. The summed E-state index contributed by atoms with van der Waals surface area (Å²) in [6.45, 7) is 2.11. The number of hydrogen-bond acceptors (Lipinski definition) is 4. The van der Waals surface area contributed by atoms with Crippen molar-refractivity contribution in [1.29, 1.82) is 0 Å². The molecule has 4 nitrogen and oxygen atoms in total. The Balaban J connectivity index is 1.93. The molecule has 118 valence electrons. The standard InChI is InChI=1S/C18H17NO3S/c1-2-21-18(20)17(16-10-7-13-23-16)22-15-9-4-3-8-14(15)19-11-5-6-12-19/h3-13,17H,2H2,1H3. The van der Waals surface area contributed by atoms with Gasteiger partial charge >= 0.3 is 5.97 Å². The van der Waals surface area contributed by atoms with Crippen molar-refractivity contribution in [2.75, 3.05) is 6.61 Å². The van der Waals surface area contributed by atoms with Crippen LogP contribution in [0.3, 0.4) is 0 Å². The summed E-state index contributed by atoms with van der Waals surface area (Å²) in [6.07, 6.45) is 3.12. The topological polar surface area (TPSA) is 40.5 Å². The number of para-hydroxylation sites is 2. The molecule has 0 spiro atoms. The van der Waals surface area contributed by atoms with Gasteiger partial charge in [-0.05, 0) is 42.6 Å². The number of rotatable bonds is 6. The van der Waals surface area contributed by atoms with Crippen molar-refractivity contribution in [1.82, 2.24) is 4.57 Å². The first-order chi connectivity index (χ1) is 11.3. The zero-order valence-electron chi connectivity index (χ0n) is 12.7. The van der Waals surface area contributed by atoms with Crippen LogP contribution in [0.25, 0.3) is 5.69 Å². The van der Waals surface area contributed by atoms with Crippen LogP contribution in [-0.2, 0) is 9.53 Å². The Kier molecular flexibility index (Phi) is 4.78. The van der Waals surface area contributed by atoms with Crippen molar-refractivity contribution >= 4 is 17.3 Å². The molecule has 2 aromatic heterocycles. The molecule has 5 heteroatoms. The SMILES string of the molecule is CCOC(=O)C(Oc1ccccc1-n1cccc1)c1cccs1. The van der Waals surface area contributed by atoms with Crippen LogP contribution in [0.15, 0.2) is 66.3 Å². The molecule has 0 amide bonds. The van der Waals surface area contributed by atoms with E-state index in [1.165, 1.54) is 11.3 Å². The van der Waals surface area contributed by atoms with Gasteiger partial charge in [-0.1, -0.05) is 18.2 Å². The quantitative estimate of drug-likeness (QED) is 0.636. The monoisotopic (exact) mass is 327 g/mol. The van der Waals surface area contributed by atoms with Gasteiger partial charge in [0.25, 0.3) is 0 Å². The number of ether oxygens (including phenoxy) is 2. The Hall–Kier alpha value is -2.53. The second kappa shape index (κ2) is 7.15. The molecule has 1 atom stereocenters. The number of thiophene rings is 1. The van der Waals surface area contributed by atoms with E-state index in [2.05, 4.69) is 0 Å². The normalized spacial score (nSPS) is 11.9. The Bertz CT molecular complexity index is 750. The molecule has 0 N–H and O–H groups in total. The molecule has 0 aliphatic heterocycles. The van der Waals surface area contributed by atoms with E-state index in [1.807, 2.05) is 70.9 Å². The minimum absolute atomic E-state index is 0.323. The van der Waals surface area contributed by atoms with E-state index in [0.717, 1.165) is 10.6 Å². The maximum atomic E-state index is 12.3. The Morgan fingerprint density at radius 1 is 1.13 bits per heavy atom. The molecule has 0 saturated carbocycles. The summed E-state index contributed by atoms with van der Waals surface area (Å²) in [5, 5.41) is 1.92. The highest BCUT2D eigenvalue weighted by molar-refractivity contribution is 7.10. The smallest absolute Gasteiger partial charge is 0.352 e. The lowest BCUT2D eigenvalue weighted by Crippen LogP contribution is -2.21. The van der Waals surface area contributed by atoms with Crippen molar-refractivity contribution < 1.29 is 14.3 Å². The third-order valence-corrected chi connectivity index (χ3v) is 4.21. The van der Waals surface area contributed by atoms with E-state index < -0.39 is 6.10 Å². The number of carbonyl (C=O) groups excluding carboxylic acids is 1. The highest BCUT2D eigenvalue weighted by Gasteiger charge is 2.26. The molecule has 1 unspecified atom stereocenters. The molecule has 0 aliphatic carbocycles. The van der Waals surface area contributed by atoms with Crippen molar-refractivity contribution in [3.63, 3.8) is 0 Å². The zero-order chi connectivity index (χ0) is 16.1. The summed E-state index contributed by atoms with van der Waals surface area (Å²) in [6, 6.07) is 15.3. The van der Waals surface area contributed by atoms with E-state index in [1.54, 1.807) is 6.92 Å². The van der Waals surface area contributed by atoms with Crippen LogP contribution < -0.4 is 4.74 Å². The Morgan fingerprint density at radius 3 is 2.61 bits per heavy atom. The first-order valence-electron chi connectivity index (χ1n) is 7.38. The molecule has 0 saturated heterocycles. The fourth-order valence-corrected chi connectivity index (χ4v) is 3.01. The van der Waals surface area contributed by atoms with Gasteiger partial charge in [0.1, 0.15) is 5.75 Å². The summed E-state index contributed by atoms with van der Waals surface area (Å²) in [5.74, 6) is 0.257. The van der Waals surface area contributed by atoms with Gasteiger partial charge in [-0.15, -0.1) is 11.3 Å². The van der Waals surface area contributed by atoms with Crippen molar-refractivity contribution in [2.45, 2.75) is 13.0 Å². The average Bonchev–Trinajstić information content (AvgIpc) is 3.26. The summed E-state index contributed by atoms with van der Waals surface area (Å²) < 4.78 is 13.2. The number of nitrogens with zero attached hydrogens (tertiary/aromatic N) is 1. The lowest BCUT2D eigenvalue weighted by Gasteiger charge is -2.19. The van der Waals surface area contributed by atoms with Gasteiger partial charge in [-0.25, -0.2) is 4.79 Å². The number of hydrogen-bond donors (Lipinski definition) is 0. The van der Waals surface area contributed by atoms with Crippen LogP contribution in [0.2, 0.25) is 0 Å². The van der Waals surface area contributed by atoms with Gasteiger partial charge in [-0.3, -0.25) is 0 Å². The minimum Gasteiger partial charge on any atom is -0.471 e. The minimum atomic E-state index is -0.758.